The zero-order valence-corrected chi connectivity index (χ0v) is 17.3. The van der Waals surface area contributed by atoms with Crippen LogP contribution in [0.4, 0.5) is 0 Å². The number of rotatable bonds is 4. The number of fused-ring (bicyclic) bond motifs is 1. The van der Waals surface area contributed by atoms with Crippen LogP contribution in [0.5, 0.6) is 0 Å². The Morgan fingerprint density at radius 3 is 2.24 bits per heavy atom. The van der Waals surface area contributed by atoms with E-state index in [4.69, 9.17) is 28.4 Å². The van der Waals surface area contributed by atoms with Crippen LogP contribution in [0.15, 0.2) is 17.7 Å². The van der Waals surface area contributed by atoms with Crippen LogP contribution in [0, 0.1) is 0 Å². The third-order valence-corrected chi connectivity index (χ3v) is 6.18. The van der Waals surface area contributed by atoms with Crippen LogP contribution in [0.1, 0.15) is 27.7 Å². The largest absolute Gasteiger partial charge is 0.486 e. The summed E-state index contributed by atoms with van der Waals surface area (Å²) in [5.74, 6) is -1.33. The predicted octanol–water partition coefficient (Wildman–Crippen LogP) is 2.95. The highest BCUT2D eigenvalue weighted by molar-refractivity contribution is 6.82. The number of ether oxygens (including phenoxy) is 6. The van der Waals surface area contributed by atoms with Gasteiger partial charge in [-0.2, -0.15) is 0 Å². The summed E-state index contributed by atoms with van der Waals surface area (Å²) in [6.07, 6.45) is -1.75. The van der Waals surface area contributed by atoms with Crippen molar-refractivity contribution < 1.29 is 28.4 Å². The maximum Gasteiger partial charge on any atom is 0.191 e. The van der Waals surface area contributed by atoms with E-state index in [-0.39, 0.29) is 24.4 Å². The smallest absolute Gasteiger partial charge is 0.191 e. The Kier molecular flexibility index (Phi) is 4.74. The summed E-state index contributed by atoms with van der Waals surface area (Å²) in [6.45, 7) is 18.4. The highest BCUT2D eigenvalue weighted by Gasteiger charge is 2.60. The molecule has 0 bridgehead atoms. The molecule has 3 aliphatic heterocycles. The fourth-order valence-corrected chi connectivity index (χ4v) is 4.45. The molecule has 0 aliphatic carbocycles. The van der Waals surface area contributed by atoms with Gasteiger partial charge in [0.05, 0.1) is 6.61 Å². The monoisotopic (exact) mass is 370 g/mol. The summed E-state index contributed by atoms with van der Waals surface area (Å²) < 4.78 is 36.2. The molecular weight excluding hydrogens is 340 g/mol. The van der Waals surface area contributed by atoms with E-state index in [0.717, 1.165) is 5.38 Å². The summed E-state index contributed by atoms with van der Waals surface area (Å²) in [5, 5.41) is 0.804. The third-order valence-electron chi connectivity index (χ3n) is 4.52. The molecule has 0 aromatic rings. The lowest BCUT2D eigenvalue weighted by atomic mass is 10.1. The summed E-state index contributed by atoms with van der Waals surface area (Å²) in [6, 6.07) is 0. The second-order valence-corrected chi connectivity index (χ2v) is 13.7. The Hall–Kier alpha value is -0.663. The maximum absolute atomic E-state index is 6.36. The van der Waals surface area contributed by atoms with E-state index in [1.54, 1.807) is 0 Å². The van der Waals surface area contributed by atoms with Crippen LogP contribution in [0.25, 0.3) is 0 Å². The minimum Gasteiger partial charge on any atom is -0.486 e. The van der Waals surface area contributed by atoms with Gasteiger partial charge < -0.3 is 28.4 Å². The van der Waals surface area contributed by atoms with Gasteiger partial charge >= 0.3 is 0 Å². The first kappa shape index (κ1) is 19.1. The van der Waals surface area contributed by atoms with Crippen molar-refractivity contribution in [3.05, 3.63) is 17.7 Å². The average Bonchev–Trinajstić information content (AvgIpc) is 3.04. The summed E-state index contributed by atoms with van der Waals surface area (Å²) in [5.41, 5.74) is 2.98. The predicted molar refractivity (Wildman–Crippen MR) is 94.5 cm³/mol. The normalized spacial score (nSPS) is 39.1. The van der Waals surface area contributed by atoms with E-state index < -0.39 is 25.9 Å². The van der Waals surface area contributed by atoms with Gasteiger partial charge in [0.1, 0.15) is 25.7 Å². The van der Waals surface area contributed by atoms with E-state index in [1.165, 1.54) is 0 Å². The third kappa shape index (κ3) is 3.88. The molecule has 0 unspecified atom stereocenters. The van der Waals surface area contributed by atoms with Gasteiger partial charge in [0.2, 0.25) is 0 Å². The van der Waals surface area contributed by atoms with Crippen molar-refractivity contribution >= 4 is 8.07 Å². The van der Waals surface area contributed by atoms with E-state index in [9.17, 15) is 0 Å². The molecule has 3 fully saturated rings. The highest BCUT2D eigenvalue weighted by Crippen LogP contribution is 2.42. The Balaban J connectivity index is 1.84. The van der Waals surface area contributed by atoms with E-state index >= 15 is 0 Å². The van der Waals surface area contributed by atoms with Gasteiger partial charge in [0, 0.05) is 0 Å². The van der Waals surface area contributed by atoms with Crippen molar-refractivity contribution in [3.8, 4) is 0 Å². The van der Waals surface area contributed by atoms with Crippen LogP contribution < -0.4 is 0 Å². The first-order chi connectivity index (χ1) is 11.4. The van der Waals surface area contributed by atoms with Crippen LogP contribution in [-0.4, -0.2) is 57.0 Å². The number of hydrogen-bond donors (Lipinski definition) is 0. The van der Waals surface area contributed by atoms with Crippen molar-refractivity contribution in [1.82, 2.24) is 0 Å². The molecule has 0 N–H and O–H groups in total. The van der Waals surface area contributed by atoms with Crippen LogP contribution in [-0.2, 0) is 28.4 Å². The average molecular weight is 371 g/mol. The molecule has 0 spiro atoms. The number of hydrogen-bond acceptors (Lipinski definition) is 6. The molecule has 3 heterocycles. The second kappa shape index (κ2) is 6.20. The quantitative estimate of drug-likeness (QED) is 0.431. The Morgan fingerprint density at radius 1 is 1.04 bits per heavy atom. The van der Waals surface area contributed by atoms with Crippen molar-refractivity contribution in [2.75, 3.05) is 6.61 Å². The Labute approximate surface area is 151 Å². The first-order valence-electron chi connectivity index (χ1n) is 8.82. The fourth-order valence-electron chi connectivity index (χ4n) is 3.43. The standard InChI is InChI=1S/C18H30O6Si/c1-9-12(25(6,7)8)20-14-13(11-10-19-17(2,3)22-11)21-16-15(14)23-18(4,5)24-16/h11,13-16H,1,10H2,2-8H3/t11-,13-,14+,15-,16-/m1/s1. The molecule has 0 aromatic carbocycles. The van der Waals surface area contributed by atoms with Gasteiger partial charge in [0.25, 0.3) is 0 Å². The molecule has 3 saturated heterocycles. The van der Waals surface area contributed by atoms with Crippen molar-refractivity contribution in [2.24, 2.45) is 0 Å². The van der Waals surface area contributed by atoms with Gasteiger partial charge in [-0.1, -0.05) is 32.0 Å². The minimum absolute atomic E-state index is 0.242. The molecule has 5 atom stereocenters. The van der Waals surface area contributed by atoms with Crippen LogP contribution in [0.2, 0.25) is 19.6 Å². The maximum atomic E-state index is 6.36. The summed E-state index contributed by atoms with van der Waals surface area (Å²) in [4.78, 5) is 0. The molecule has 25 heavy (non-hydrogen) atoms. The fraction of sp³-hybridized carbons (Fsp3) is 0.833. The zero-order valence-electron chi connectivity index (χ0n) is 16.3. The lowest BCUT2D eigenvalue weighted by molar-refractivity contribution is -0.233. The SMILES string of the molecule is C=C=C(O[C@@H]1[C@H]2OC(C)(C)O[C@H]2O[C@@H]1[C@H]1COC(C)(C)O1)[Si](C)(C)C. The first-order valence-corrected chi connectivity index (χ1v) is 12.3. The Morgan fingerprint density at radius 2 is 1.72 bits per heavy atom. The van der Waals surface area contributed by atoms with Gasteiger partial charge in [0.15, 0.2) is 30.1 Å². The molecule has 0 saturated carbocycles. The molecule has 0 aromatic heterocycles. The lowest BCUT2D eigenvalue weighted by Gasteiger charge is -2.31. The topological polar surface area (TPSA) is 55.4 Å². The highest BCUT2D eigenvalue weighted by atomic mass is 28.3. The molecule has 3 rings (SSSR count). The zero-order chi connectivity index (χ0) is 18.6. The van der Waals surface area contributed by atoms with E-state index in [1.807, 2.05) is 27.7 Å². The molecule has 7 heteroatoms. The van der Waals surface area contributed by atoms with Gasteiger partial charge in [-0.25, -0.2) is 0 Å². The van der Waals surface area contributed by atoms with Gasteiger partial charge in [-0.15, -0.1) is 0 Å². The molecule has 6 nitrogen and oxygen atoms in total. The lowest BCUT2D eigenvalue weighted by Crippen LogP contribution is -2.45. The minimum atomic E-state index is -1.73. The van der Waals surface area contributed by atoms with E-state index in [2.05, 4.69) is 32.0 Å². The second-order valence-electron chi connectivity index (χ2n) is 8.77. The van der Waals surface area contributed by atoms with Crippen molar-refractivity contribution in [1.29, 1.82) is 0 Å². The van der Waals surface area contributed by atoms with E-state index in [0.29, 0.717) is 6.61 Å². The Bertz CT molecular complexity index is 575. The van der Waals surface area contributed by atoms with Crippen molar-refractivity contribution in [2.45, 2.75) is 89.6 Å². The summed E-state index contributed by atoms with van der Waals surface area (Å²) >= 11 is 0. The molecule has 0 amide bonds. The van der Waals surface area contributed by atoms with Crippen LogP contribution >= 0.6 is 0 Å². The van der Waals surface area contributed by atoms with Gasteiger partial charge in [-0.3, -0.25) is 0 Å². The summed E-state index contributed by atoms with van der Waals surface area (Å²) in [7, 11) is -1.73. The molecule has 142 valence electrons. The van der Waals surface area contributed by atoms with Gasteiger partial charge in [-0.05, 0) is 27.7 Å². The van der Waals surface area contributed by atoms with Crippen LogP contribution in [0.3, 0.4) is 0 Å². The molecule has 0 radical (unpaired) electrons. The molecular formula is C18H30O6Si. The van der Waals surface area contributed by atoms with Crippen molar-refractivity contribution in [3.63, 3.8) is 0 Å². The molecule has 3 aliphatic rings.